The summed E-state index contributed by atoms with van der Waals surface area (Å²) in [5, 5.41) is 0.902. The number of carbonyl (C=O) groups is 2. The molecular weight excluding hydrogens is 508 g/mol. The van der Waals surface area contributed by atoms with Crippen LogP contribution in [0.4, 0.5) is 10.6 Å². The predicted molar refractivity (Wildman–Crippen MR) is 152 cm³/mol. The van der Waals surface area contributed by atoms with E-state index in [0.717, 1.165) is 45.3 Å². The summed E-state index contributed by atoms with van der Waals surface area (Å²) < 4.78 is 17.2. The number of nitrogen functional groups attached to an aromatic ring is 1. The van der Waals surface area contributed by atoms with Gasteiger partial charge in [0.1, 0.15) is 23.8 Å². The van der Waals surface area contributed by atoms with Crippen molar-refractivity contribution in [2.75, 3.05) is 32.5 Å². The van der Waals surface area contributed by atoms with Gasteiger partial charge in [0.2, 0.25) is 0 Å². The molecule has 0 spiro atoms. The topological polar surface area (TPSA) is 107 Å². The number of likely N-dealkylation sites (N-methyl/N-ethyl adjacent to an activating group) is 1. The van der Waals surface area contributed by atoms with Crippen molar-refractivity contribution in [3.8, 4) is 5.75 Å². The first-order chi connectivity index (χ1) is 19.1. The van der Waals surface area contributed by atoms with Gasteiger partial charge in [-0.05, 0) is 68.2 Å². The summed E-state index contributed by atoms with van der Waals surface area (Å²) in [6.45, 7) is 8.02. The zero-order valence-electron chi connectivity index (χ0n) is 23.3. The Kier molecular flexibility index (Phi) is 6.41. The third-order valence-corrected chi connectivity index (χ3v) is 7.76. The first kappa shape index (κ1) is 26.1. The van der Waals surface area contributed by atoms with Gasteiger partial charge in [-0.1, -0.05) is 18.2 Å². The zero-order valence-corrected chi connectivity index (χ0v) is 23.3. The fourth-order valence-corrected chi connectivity index (χ4v) is 5.59. The Morgan fingerprint density at radius 2 is 1.93 bits per heavy atom. The molecule has 40 heavy (non-hydrogen) atoms. The van der Waals surface area contributed by atoms with Crippen LogP contribution < -0.4 is 10.5 Å². The molecule has 3 aliphatic heterocycles. The molecule has 3 aliphatic rings. The molecular formula is C31H34N4O5. The highest BCUT2D eigenvalue weighted by Crippen LogP contribution is 2.39. The Bertz CT molecular complexity index is 1560. The monoisotopic (exact) mass is 542 g/mol. The number of benzene rings is 2. The third-order valence-electron chi connectivity index (χ3n) is 7.76. The number of hydrogen-bond donors (Lipinski definition) is 1. The summed E-state index contributed by atoms with van der Waals surface area (Å²) in [7, 11) is 1.81. The largest absolute Gasteiger partial charge is 0.491 e. The molecule has 208 valence electrons. The average molecular weight is 543 g/mol. The van der Waals surface area contributed by atoms with Crippen LogP contribution >= 0.6 is 0 Å². The van der Waals surface area contributed by atoms with Crippen molar-refractivity contribution in [1.29, 1.82) is 0 Å². The minimum Gasteiger partial charge on any atom is -0.491 e. The van der Waals surface area contributed by atoms with Crippen molar-refractivity contribution in [2.24, 2.45) is 0 Å². The molecule has 0 bridgehead atoms. The first-order valence-corrected chi connectivity index (χ1v) is 13.6. The van der Waals surface area contributed by atoms with Crippen molar-refractivity contribution in [1.82, 2.24) is 14.8 Å². The summed E-state index contributed by atoms with van der Waals surface area (Å²) in [5.41, 5.74) is 12.1. The minimum atomic E-state index is -0.515. The van der Waals surface area contributed by atoms with Crippen LogP contribution in [0, 0.1) is 0 Å². The lowest BCUT2D eigenvalue weighted by Crippen LogP contribution is -2.39. The lowest BCUT2D eigenvalue weighted by atomic mass is 9.96. The maximum atomic E-state index is 13.6. The summed E-state index contributed by atoms with van der Waals surface area (Å²) in [6.07, 6.45) is 2.51. The lowest BCUT2D eigenvalue weighted by molar-refractivity contribution is 0.0270. The van der Waals surface area contributed by atoms with Crippen LogP contribution in [0.2, 0.25) is 0 Å². The van der Waals surface area contributed by atoms with E-state index in [-0.39, 0.29) is 18.0 Å². The lowest BCUT2D eigenvalue weighted by Gasteiger charge is -2.29. The standard InChI is InChI=1S/C31H34N4O5/c1-31(2,3)40-30(37)35-11-9-18(10-12-35)19-5-7-21-26(17-39-27(21)14-19)34(4)29(36)20-6-8-25-22(13-20)23-15-38-16-24(23)28(32)33-25/h5-9,13-14,26H,10-12,15-17H2,1-4H3,(H2,32,33)/t26-/m0/s1. The highest BCUT2D eigenvalue weighted by Gasteiger charge is 2.32. The van der Waals surface area contributed by atoms with Gasteiger partial charge >= 0.3 is 6.09 Å². The van der Waals surface area contributed by atoms with Crippen molar-refractivity contribution < 1.29 is 23.8 Å². The molecule has 2 aromatic carbocycles. The summed E-state index contributed by atoms with van der Waals surface area (Å²) in [4.78, 5) is 33.9. The van der Waals surface area contributed by atoms with E-state index in [1.165, 1.54) is 5.57 Å². The first-order valence-electron chi connectivity index (χ1n) is 13.6. The molecule has 1 aromatic heterocycles. The molecule has 0 fully saturated rings. The summed E-state index contributed by atoms with van der Waals surface area (Å²) in [6, 6.07) is 11.5. The van der Waals surface area contributed by atoms with Crippen LogP contribution in [0.5, 0.6) is 5.75 Å². The number of anilines is 1. The molecule has 9 nitrogen and oxygen atoms in total. The number of amides is 2. The van der Waals surface area contributed by atoms with Gasteiger partial charge in [0.25, 0.3) is 5.91 Å². The number of fused-ring (bicyclic) bond motifs is 4. The molecule has 1 atom stereocenters. The second-order valence-electron chi connectivity index (χ2n) is 11.6. The van der Waals surface area contributed by atoms with Crippen molar-refractivity contribution in [3.63, 3.8) is 0 Å². The highest BCUT2D eigenvalue weighted by molar-refractivity contribution is 5.99. The fourth-order valence-electron chi connectivity index (χ4n) is 5.59. The Morgan fingerprint density at radius 3 is 2.67 bits per heavy atom. The van der Waals surface area contributed by atoms with Crippen molar-refractivity contribution in [2.45, 2.75) is 52.0 Å². The molecule has 0 aliphatic carbocycles. The number of nitrogens with zero attached hydrogens (tertiary/aromatic N) is 3. The molecule has 0 radical (unpaired) electrons. The second kappa shape index (κ2) is 9.82. The SMILES string of the molecule is CN(C(=O)c1ccc2nc(N)c3c(c2c1)COC3)[C@H]1COc2cc(C3=CCN(C(=O)OC(C)(C)C)CC3)ccc21. The Labute approximate surface area is 233 Å². The second-order valence-corrected chi connectivity index (χ2v) is 11.6. The van der Waals surface area contributed by atoms with Gasteiger partial charge in [0.05, 0.1) is 24.8 Å². The van der Waals surface area contributed by atoms with Crippen LogP contribution in [-0.4, -0.2) is 59.1 Å². The van der Waals surface area contributed by atoms with E-state index in [0.29, 0.717) is 44.3 Å². The number of hydrogen-bond acceptors (Lipinski definition) is 7. The van der Waals surface area contributed by atoms with E-state index < -0.39 is 5.60 Å². The number of pyridine rings is 1. The molecule has 4 heterocycles. The van der Waals surface area contributed by atoms with Gasteiger partial charge < -0.3 is 29.7 Å². The van der Waals surface area contributed by atoms with E-state index in [2.05, 4.69) is 17.1 Å². The molecule has 2 amide bonds. The number of rotatable bonds is 3. The number of nitrogens with two attached hydrogens (primary N) is 1. The number of carbonyl (C=O) groups excluding carboxylic acids is 2. The van der Waals surface area contributed by atoms with Gasteiger partial charge in [-0.3, -0.25) is 4.79 Å². The predicted octanol–water partition coefficient (Wildman–Crippen LogP) is 5.08. The Morgan fingerprint density at radius 1 is 1.12 bits per heavy atom. The van der Waals surface area contributed by atoms with E-state index in [1.54, 1.807) is 15.9 Å². The van der Waals surface area contributed by atoms with Crippen LogP contribution in [0.15, 0.2) is 42.5 Å². The molecule has 3 aromatic rings. The quantitative estimate of drug-likeness (QED) is 0.492. The third kappa shape index (κ3) is 4.75. The van der Waals surface area contributed by atoms with Crippen LogP contribution in [-0.2, 0) is 22.7 Å². The number of aromatic nitrogens is 1. The van der Waals surface area contributed by atoms with Gasteiger partial charge in [-0.15, -0.1) is 0 Å². The smallest absolute Gasteiger partial charge is 0.410 e. The maximum Gasteiger partial charge on any atom is 0.410 e. The number of ether oxygens (including phenoxy) is 3. The Balaban J connectivity index is 1.18. The molecule has 0 unspecified atom stereocenters. The molecule has 0 saturated heterocycles. The molecule has 0 saturated carbocycles. The van der Waals surface area contributed by atoms with Gasteiger partial charge in [-0.2, -0.15) is 0 Å². The van der Waals surface area contributed by atoms with E-state index in [4.69, 9.17) is 19.9 Å². The van der Waals surface area contributed by atoms with Gasteiger partial charge in [-0.25, -0.2) is 9.78 Å². The zero-order chi connectivity index (χ0) is 28.2. The van der Waals surface area contributed by atoms with Crippen LogP contribution in [0.3, 0.4) is 0 Å². The average Bonchev–Trinajstić information content (AvgIpc) is 3.59. The normalized spacial score (nSPS) is 18.1. The fraction of sp³-hybridized carbons (Fsp3) is 0.387. The Hall–Kier alpha value is -4.11. The minimum absolute atomic E-state index is 0.0888. The van der Waals surface area contributed by atoms with Gasteiger partial charge in [0, 0.05) is 42.2 Å². The molecule has 6 rings (SSSR count). The summed E-state index contributed by atoms with van der Waals surface area (Å²) in [5.74, 6) is 1.18. The molecule has 2 N–H and O–H groups in total. The van der Waals surface area contributed by atoms with E-state index in [1.807, 2.05) is 52.1 Å². The van der Waals surface area contributed by atoms with Gasteiger partial charge in [0.15, 0.2) is 0 Å². The highest BCUT2D eigenvalue weighted by atomic mass is 16.6. The molecule has 9 heteroatoms. The summed E-state index contributed by atoms with van der Waals surface area (Å²) >= 11 is 0. The maximum absolute atomic E-state index is 13.6. The van der Waals surface area contributed by atoms with Crippen LogP contribution in [0.1, 0.15) is 65.8 Å². The van der Waals surface area contributed by atoms with Crippen LogP contribution in [0.25, 0.3) is 16.5 Å². The van der Waals surface area contributed by atoms with Crippen molar-refractivity contribution >= 4 is 34.3 Å². The van der Waals surface area contributed by atoms with E-state index in [9.17, 15) is 9.59 Å². The van der Waals surface area contributed by atoms with Crippen molar-refractivity contribution in [3.05, 3.63) is 70.3 Å². The van der Waals surface area contributed by atoms with E-state index >= 15 is 0 Å².